The minimum absolute atomic E-state index is 0.0293. The highest BCUT2D eigenvalue weighted by Gasteiger charge is 2.18. The van der Waals surface area contributed by atoms with Crippen LogP contribution in [0.15, 0.2) is 71.7 Å². The van der Waals surface area contributed by atoms with Gasteiger partial charge in [-0.05, 0) is 18.2 Å². The molecule has 2 aromatic carbocycles. The van der Waals surface area contributed by atoms with Gasteiger partial charge in [-0.2, -0.15) is 0 Å². The number of nitro groups is 1. The topological polar surface area (TPSA) is 103 Å². The van der Waals surface area contributed by atoms with Crippen molar-refractivity contribution in [2.45, 2.75) is 11.7 Å². The first-order chi connectivity index (χ1) is 15.1. The van der Waals surface area contributed by atoms with Crippen LogP contribution in [0.2, 0.25) is 0 Å². The second-order valence-corrected chi connectivity index (χ2v) is 8.35. The SMILES string of the molecule is C=CCn1c(SCC(=O)Nc2ccc([N+](=O)[O-])cc2)nnc1-c1csc2ccccc12. The van der Waals surface area contributed by atoms with Crippen LogP contribution in [0, 0.1) is 10.1 Å². The standard InChI is InChI=1S/C21H17N5O3S2/c1-2-11-25-20(17-12-30-18-6-4-3-5-16(17)18)23-24-21(25)31-13-19(27)22-14-7-9-15(10-8-14)26(28)29/h2-10,12H,1,11,13H2,(H,22,27). The van der Waals surface area contributed by atoms with Crippen LogP contribution < -0.4 is 5.32 Å². The monoisotopic (exact) mass is 451 g/mol. The molecule has 0 radical (unpaired) electrons. The molecule has 10 heteroatoms. The number of carbonyl (C=O) groups is 1. The number of thioether (sulfide) groups is 1. The van der Waals surface area contributed by atoms with Crippen molar-refractivity contribution < 1.29 is 9.72 Å². The first kappa shape index (κ1) is 20.8. The Kier molecular flexibility index (Phi) is 6.10. The number of fused-ring (bicyclic) bond motifs is 1. The lowest BCUT2D eigenvalue weighted by Gasteiger charge is -2.08. The molecule has 31 heavy (non-hydrogen) atoms. The van der Waals surface area contributed by atoms with Crippen molar-refractivity contribution in [3.8, 4) is 11.4 Å². The predicted molar refractivity (Wildman–Crippen MR) is 123 cm³/mol. The maximum absolute atomic E-state index is 12.3. The maximum Gasteiger partial charge on any atom is 0.269 e. The zero-order valence-corrected chi connectivity index (χ0v) is 17.9. The van der Waals surface area contributed by atoms with E-state index in [0.29, 0.717) is 17.4 Å². The molecule has 0 aliphatic rings. The zero-order chi connectivity index (χ0) is 21.8. The molecule has 156 valence electrons. The third kappa shape index (κ3) is 4.49. The van der Waals surface area contributed by atoms with E-state index in [9.17, 15) is 14.9 Å². The van der Waals surface area contributed by atoms with Gasteiger partial charge in [-0.25, -0.2) is 0 Å². The van der Waals surface area contributed by atoms with Crippen LogP contribution in [-0.2, 0) is 11.3 Å². The normalized spacial score (nSPS) is 10.8. The van der Waals surface area contributed by atoms with Gasteiger partial charge in [0.25, 0.3) is 5.69 Å². The van der Waals surface area contributed by atoms with Crippen LogP contribution in [0.3, 0.4) is 0 Å². The summed E-state index contributed by atoms with van der Waals surface area (Å²) in [4.78, 5) is 22.6. The van der Waals surface area contributed by atoms with E-state index < -0.39 is 4.92 Å². The fraction of sp³-hybridized carbons (Fsp3) is 0.0952. The summed E-state index contributed by atoms with van der Waals surface area (Å²) in [7, 11) is 0. The van der Waals surface area contributed by atoms with Gasteiger partial charge < -0.3 is 5.32 Å². The number of nitrogens with one attached hydrogen (secondary N) is 1. The summed E-state index contributed by atoms with van der Waals surface area (Å²) in [6.45, 7) is 4.33. The molecule has 0 spiro atoms. The van der Waals surface area contributed by atoms with Gasteiger partial charge >= 0.3 is 0 Å². The first-order valence-electron chi connectivity index (χ1n) is 9.24. The van der Waals surface area contributed by atoms with Crippen molar-refractivity contribution in [2.24, 2.45) is 0 Å². The van der Waals surface area contributed by atoms with Gasteiger partial charge in [-0.15, -0.1) is 28.1 Å². The first-order valence-corrected chi connectivity index (χ1v) is 11.1. The molecule has 4 aromatic rings. The summed E-state index contributed by atoms with van der Waals surface area (Å²) >= 11 is 2.92. The Labute approximate surface area is 185 Å². The number of anilines is 1. The lowest BCUT2D eigenvalue weighted by Crippen LogP contribution is -2.14. The molecule has 0 fully saturated rings. The minimum atomic E-state index is -0.484. The van der Waals surface area contributed by atoms with Crippen LogP contribution in [0.5, 0.6) is 0 Å². The summed E-state index contributed by atoms with van der Waals surface area (Å²) < 4.78 is 3.10. The summed E-state index contributed by atoms with van der Waals surface area (Å²) in [5, 5.41) is 25.9. The van der Waals surface area contributed by atoms with E-state index in [1.54, 1.807) is 17.4 Å². The second kappa shape index (κ2) is 9.11. The molecule has 2 aromatic heterocycles. The molecular formula is C21H17N5O3S2. The smallest absolute Gasteiger partial charge is 0.269 e. The van der Waals surface area contributed by atoms with Crippen molar-refractivity contribution in [3.05, 3.63) is 76.7 Å². The highest BCUT2D eigenvalue weighted by molar-refractivity contribution is 7.99. The van der Waals surface area contributed by atoms with E-state index in [0.717, 1.165) is 16.8 Å². The fourth-order valence-electron chi connectivity index (χ4n) is 3.03. The molecule has 4 rings (SSSR count). The van der Waals surface area contributed by atoms with E-state index in [1.807, 2.05) is 16.7 Å². The van der Waals surface area contributed by atoms with Crippen molar-refractivity contribution in [3.63, 3.8) is 0 Å². The molecule has 0 atom stereocenters. The van der Waals surface area contributed by atoms with E-state index in [-0.39, 0.29) is 17.3 Å². The van der Waals surface area contributed by atoms with Gasteiger partial charge in [0.15, 0.2) is 11.0 Å². The third-order valence-electron chi connectivity index (χ3n) is 4.44. The average molecular weight is 452 g/mol. The van der Waals surface area contributed by atoms with E-state index in [4.69, 9.17) is 0 Å². The van der Waals surface area contributed by atoms with E-state index >= 15 is 0 Å². The van der Waals surface area contributed by atoms with Gasteiger partial charge in [-0.1, -0.05) is 36.0 Å². The Morgan fingerprint density at radius 1 is 1.23 bits per heavy atom. The number of benzene rings is 2. The summed E-state index contributed by atoms with van der Waals surface area (Å²) in [6, 6.07) is 13.8. The van der Waals surface area contributed by atoms with Crippen LogP contribution in [-0.4, -0.2) is 31.3 Å². The zero-order valence-electron chi connectivity index (χ0n) is 16.2. The third-order valence-corrected chi connectivity index (χ3v) is 6.37. The number of thiophene rings is 1. The molecule has 2 heterocycles. The van der Waals surface area contributed by atoms with Crippen molar-refractivity contribution in [1.82, 2.24) is 14.8 Å². The predicted octanol–water partition coefficient (Wildman–Crippen LogP) is 4.98. The van der Waals surface area contributed by atoms with Crippen molar-refractivity contribution >= 4 is 50.5 Å². The number of aromatic nitrogens is 3. The lowest BCUT2D eigenvalue weighted by atomic mass is 10.1. The molecule has 0 unspecified atom stereocenters. The van der Waals surface area contributed by atoms with Crippen molar-refractivity contribution in [1.29, 1.82) is 0 Å². The Morgan fingerprint density at radius 3 is 2.74 bits per heavy atom. The molecule has 0 saturated carbocycles. The summed E-state index contributed by atoms with van der Waals surface area (Å²) in [5.41, 5.74) is 1.46. The average Bonchev–Trinajstić information content (AvgIpc) is 3.37. The van der Waals surface area contributed by atoms with Gasteiger partial charge in [-0.3, -0.25) is 19.5 Å². The highest BCUT2D eigenvalue weighted by Crippen LogP contribution is 2.34. The summed E-state index contributed by atoms with van der Waals surface area (Å²) in [6.07, 6.45) is 1.77. The number of nitro benzene ring substituents is 1. The van der Waals surface area contributed by atoms with Crippen LogP contribution in [0.1, 0.15) is 0 Å². The van der Waals surface area contributed by atoms with Gasteiger partial charge in [0.05, 0.1) is 10.7 Å². The van der Waals surface area contributed by atoms with Crippen LogP contribution >= 0.6 is 23.1 Å². The molecular weight excluding hydrogens is 434 g/mol. The fourth-order valence-corrected chi connectivity index (χ4v) is 4.72. The number of rotatable bonds is 8. The second-order valence-electron chi connectivity index (χ2n) is 6.49. The Bertz CT molecular complexity index is 1260. The minimum Gasteiger partial charge on any atom is -0.325 e. The van der Waals surface area contributed by atoms with Crippen LogP contribution in [0.25, 0.3) is 21.5 Å². The molecule has 0 aliphatic heterocycles. The number of amides is 1. The van der Waals surface area contributed by atoms with Crippen molar-refractivity contribution in [2.75, 3.05) is 11.1 Å². The number of non-ortho nitro benzene ring substituents is 1. The molecule has 1 N–H and O–H groups in total. The van der Waals surface area contributed by atoms with E-state index in [2.05, 4.69) is 39.6 Å². The molecule has 0 bridgehead atoms. The quantitative estimate of drug-likeness (QED) is 0.175. The van der Waals surface area contributed by atoms with Gasteiger partial charge in [0.2, 0.25) is 5.91 Å². The Morgan fingerprint density at radius 2 is 2.00 bits per heavy atom. The molecule has 1 amide bonds. The van der Waals surface area contributed by atoms with E-state index in [1.165, 1.54) is 40.7 Å². The summed E-state index contributed by atoms with van der Waals surface area (Å²) in [5.74, 6) is 0.613. The number of allylic oxidation sites excluding steroid dienone is 1. The van der Waals surface area contributed by atoms with Gasteiger partial charge in [0, 0.05) is 45.4 Å². The highest BCUT2D eigenvalue weighted by atomic mass is 32.2. The Hall–Kier alpha value is -3.50. The Balaban J connectivity index is 1.49. The molecule has 0 aliphatic carbocycles. The molecule has 0 saturated heterocycles. The number of hydrogen-bond donors (Lipinski definition) is 1. The number of carbonyl (C=O) groups excluding carboxylic acids is 1. The maximum atomic E-state index is 12.3. The van der Waals surface area contributed by atoms with Gasteiger partial charge in [0.1, 0.15) is 0 Å². The lowest BCUT2D eigenvalue weighted by molar-refractivity contribution is -0.384. The largest absolute Gasteiger partial charge is 0.325 e. The molecule has 8 nitrogen and oxygen atoms in total. The number of nitrogens with zero attached hydrogens (tertiary/aromatic N) is 4. The number of hydrogen-bond acceptors (Lipinski definition) is 7. The van der Waals surface area contributed by atoms with Crippen LogP contribution in [0.4, 0.5) is 11.4 Å².